The fraction of sp³-hybridized carbons (Fsp3) is 0.150. The molecule has 0 aliphatic carbocycles. The molecule has 3 aromatic rings. The Kier molecular flexibility index (Phi) is 3.57. The summed E-state index contributed by atoms with van der Waals surface area (Å²) in [4.78, 5) is 4.69. The molecule has 104 valence electrons. The third-order valence-electron chi connectivity index (χ3n) is 3.97. The summed E-state index contributed by atoms with van der Waals surface area (Å²) < 4.78 is 0. The van der Waals surface area contributed by atoms with E-state index in [9.17, 15) is 0 Å². The normalized spacial score (nSPS) is 10.6. The second-order valence-electron chi connectivity index (χ2n) is 5.51. The van der Waals surface area contributed by atoms with Gasteiger partial charge in [-0.3, -0.25) is 4.98 Å². The highest BCUT2D eigenvalue weighted by atomic mass is 14.7. The topological polar surface area (TPSA) is 12.9 Å². The maximum Gasteiger partial charge on any atom is 0.0707 e. The van der Waals surface area contributed by atoms with Gasteiger partial charge in [0, 0.05) is 17.3 Å². The van der Waals surface area contributed by atoms with E-state index in [-0.39, 0.29) is 0 Å². The molecule has 21 heavy (non-hydrogen) atoms. The zero-order valence-electron chi connectivity index (χ0n) is 12.7. The molecule has 3 rings (SSSR count). The average Bonchev–Trinajstić information content (AvgIpc) is 2.49. The summed E-state index contributed by atoms with van der Waals surface area (Å²) in [7, 11) is 0. The van der Waals surface area contributed by atoms with E-state index in [4.69, 9.17) is 0 Å². The number of pyridine rings is 1. The van der Waals surface area contributed by atoms with Gasteiger partial charge in [0.25, 0.3) is 0 Å². The minimum atomic E-state index is 1.04. The Morgan fingerprint density at radius 2 is 1.19 bits per heavy atom. The molecule has 2 aromatic carbocycles. The Morgan fingerprint density at radius 3 is 1.76 bits per heavy atom. The first-order chi connectivity index (χ1) is 10.2. The summed E-state index contributed by atoms with van der Waals surface area (Å²) in [6.07, 6.45) is 2.00. The summed E-state index contributed by atoms with van der Waals surface area (Å²) in [5.41, 5.74) is 8.53. The van der Waals surface area contributed by atoms with Gasteiger partial charge in [-0.15, -0.1) is 0 Å². The van der Waals surface area contributed by atoms with Gasteiger partial charge < -0.3 is 0 Å². The van der Waals surface area contributed by atoms with E-state index in [0.29, 0.717) is 0 Å². The van der Waals surface area contributed by atoms with Gasteiger partial charge in [-0.25, -0.2) is 0 Å². The average molecular weight is 273 g/mol. The molecule has 0 N–H and O–H groups in total. The smallest absolute Gasteiger partial charge is 0.0707 e. The quantitative estimate of drug-likeness (QED) is 0.614. The van der Waals surface area contributed by atoms with Crippen LogP contribution < -0.4 is 0 Å². The summed E-state index contributed by atoms with van der Waals surface area (Å²) in [5, 5.41) is 0. The molecule has 1 heteroatoms. The van der Waals surface area contributed by atoms with Crippen LogP contribution in [-0.2, 0) is 0 Å². The lowest BCUT2D eigenvalue weighted by Crippen LogP contribution is -1.92. The molecule has 0 aliphatic rings. The molecule has 1 heterocycles. The highest BCUT2D eigenvalue weighted by Crippen LogP contribution is 2.29. The first-order valence-corrected chi connectivity index (χ1v) is 7.25. The standard InChI is InChI=1S/C20H19N/c1-14-8-4-6-10-17(14)19-13-21-20(12-16(19)3)18-11-7-5-9-15(18)2/h4-13H,1-3H3. The SMILES string of the molecule is Cc1ccccc1-c1cc(C)c(-c2ccccc2C)cn1. The van der Waals surface area contributed by atoms with Gasteiger partial charge >= 0.3 is 0 Å². The number of hydrogen-bond donors (Lipinski definition) is 0. The maximum atomic E-state index is 4.69. The summed E-state index contributed by atoms with van der Waals surface area (Å²) >= 11 is 0. The van der Waals surface area contributed by atoms with Gasteiger partial charge in [-0.05, 0) is 49.1 Å². The minimum Gasteiger partial charge on any atom is -0.256 e. The summed E-state index contributed by atoms with van der Waals surface area (Å²) in [5.74, 6) is 0. The van der Waals surface area contributed by atoms with Gasteiger partial charge in [0.15, 0.2) is 0 Å². The van der Waals surface area contributed by atoms with Gasteiger partial charge in [0.2, 0.25) is 0 Å². The van der Waals surface area contributed by atoms with Gasteiger partial charge in [0.05, 0.1) is 5.69 Å². The van der Waals surface area contributed by atoms with E-state index in [1.54, 1.807) is 0 Å². The molecule has 0 amide bonds. The van der Waals surface area contributed by atoms with E-state index in [0.717, 1.165) is 5.69 Å². The van der Waals surface area contributed by atoms with Crippen LogP contribution in [0.2, 0.25) is 0 Å². The van der Waals surface area contributed by atoms with Crippen molar-refractivity contribution in [1.29, 1.82) is 0 Å². The van der Waals surface area contributed by atoms with Crippen LogP contribution in [0.3, 0.4) is 0 Å². The van der Waals surface area contributed by atoms with Crippen molar-refractivity contribution < 1.29 is 0 Å². The lowest BCUT2D eigenvalue weighted by molar-refractivity contribution is 1.27. The van der Waals surface area contributed by atoms with Gasteiger partial charge in [-0.1, -0.05) is 48.5 Å². The Balaban J connectivity index is 2.09. The van der Waals surface area contributed by atoms with E-state index in [2.05, 4.69) is 80.4 Å². The third-order valence-corrected chi connectivity index (χ3v) is 3.97. The molecule has 0 unspecified atom stereocenters. The van der Waals surface area contributed by atoms with Crippen molar-refractivity contribution in [1.82, 2.24) is 4.98 Å². The van der Waals surface area contributed by atoms with Crippen LogP contribution in [0.1, 0.15) is 16.7 Å². The Morgan fingerprint density at radius 1 is 0.619 bits per heavy atom. The fourth-order valence-electron chi connectivity index (χ4n) is 2.72. The molecule has 0 spiro atoms. The second-order valence-corrected chi connectivity index (χ2v) is 5.51. The predicted octanol–water partition coefficient (Wildman–Crippen LogP) is 5.34. The van der Waals surface area contributed by atoms with Crippen LogP contribution in [-0.4, -0.2) is 4.98 Å². The monoisotopic (exact) mass is 273 g/mol. The lowest BCUT2D eigenvalue weighted by atomic mass is 9.96. The van der Waals surface area contributed by atoms with Gasteiger partial charge in [0.1, 0.15) is 0 Å². The van der Waals surface area contributed by atoms with Crippen molar-refractivity contribution >= 4 is 0 Å². The Hall–Kier alpha value is -2.41. The Labute approximate surface area is 126 Å². The number of hydrogen-bond acceptors (Lipinski definition) is 1. The van der Waals surface area contributed by atoms with Crippen molar-refractivity contribution in [3.05, 3.63) is 77.5 Å². The van der Waals surface area contributed by atoms with Crippen LogP contribution in [0.25, 0.3) is 22.4 Å². The lowest BCUT2D eigenvalue weighted by Gasteiger charge is -2.11. The molecule has 0 atom stereocenters. The fourth-order valence-corrected chi connectivity index (χ4v) is 2.72. The number of nitrogens with zero attached hydrogens (tertiary/aromatic N) is 1. The van der Waals surface area contributed by atoms with E-state index >= 15 is 0 Å². The zero-order chi connectivity index (χ0) is 14.8. The van der Waals surface area contributed by atoms with Crippen LogP contribution in [0.15, 0.2) is 60.8 Å². The van der Waals surface area contributed by atoms with Crippen LogP contribution in [0.5, 0.6) is 0 Å². The molecular weight excluding hydrogens is 254 g/mol. The molecule has 0 saturated carbocycles. The van der Waals surface area contributed by atoms with E-state index in [1.165, 1.54) is 33.4 Å². The van der Waals surface area contributed by atoms with E-state index < -0.39 is 0 Å². The van der Waals surface area contributed by atoms with Crippen molar-refractivity contribution in [2.75, 3.05) is 0 Å². The maximum absolute atomic E-state index is 4.69. The largest absolute Gasteiger partial charge is 0.256 e. The van der Waals surface area contributed by atoms with Crippen LogP contribution in [0.4, 0.5) is 0 Å². The number of aromatic nitrogens is 1. The minimum absolute atomic E-state index is 1.04. The predicted molar refractivity (Wildman–Crippen MR) is 89.3 cm³/mol. The van der Waals surface area contributed by atoms with Crippen LogP contribution in [0, 0.1) is 20.8 Å². The van der Waals surface area contributed by atoms with E-state index in [1.807, 2.05) is 6.20 Å². The van der Waals surface area contributed by atoms with Crippen molar-refractivity contribution in [2.24, 2.45) is 0 Å². The highest BCUT2D eigenvalue weighted by Gasteiger charge is 2.08. The molecule has 1 aromatic heterocycles. The number of aryl methyl sites for hydroxylation is 3. The molecule has 0 fully saturated rings. The third kappa shape index (κ3) is 2.59. The summed E-state index contributed by atoms with van der Waals surface area (Å²) in [6.45, 7) is 6.43. The second kappa shape index (κ2) is 5.53. The summed E-state index contributed by atoms with van der Waals surface area (Å²) in [6, 6.07) is 19.0. The first-order valence-electron chi connectivity index (χ1n) is 7.25. The van der Waals surface area contributed by atoms with Crippen molar-refractivity contribution in [3.63, 3.8) is 0 Å². The number of rotatable bonds is 2. The van der Waals surface area contributed by atoms with Gasteiger partial charge in [-0.2, -0.15) is 0 Å². The molecule has 0 radical (unpaired) electrons. The molecular formula is C20H19N. The first kappa shape index (κ1) is 13.6. The Bertz CT molecular complexity index is 787. The van der Waals surface area contributed by atoms with Crippen molar-refractivity contribution in [3.8, 4) is 22.4 Å². The molecule has 0 aliphatic heterocycles. The van der Waals surface area contributed by atoms with Crippen molar-refractivity contribution in [2.45, 2.75) is 20.8 Å². The van der Waals surface area contributed by atoms with Crippen LogP contribution >= 0.6 is 0 Å². The molecule has 0 bridgehead atoms. The molecule has 0 saturated heterocycles. The highest BCUT2D eigenvalue weighted by molar-refractivity contribution is 5.73. The zero-order valence-corrected chi connectivity index (χ0v) is 12.7. The number of benzene rings is 2. The molecule has 1 nitrogen and oxygen atoms in total.